The van der Waals surface area contributed by atoms with Gasteiger partial charge in [-0.25, -0.2) is 4.79 Å². The topological polar surface area (TPSA) is 54.0 Å². The minimum absolute atomic E-state index is 0.425. The Kier molecular flexibility index (Phi) is 7.38. The van der Waals surface area contributed by atoms with Crippen molar-refractivity contribution in [2.45, 2.75) is 58.3 Å². The summed E-state index contributed by atoms with van der Waals surface area (Å²) in [6.07, 6.45) is 2.89. The Balaban J connectivity index is 1.26. The Hall–Kier alpha value is -3.51. The van der Waals surface area contributed by atoms with Crippen LogP contribution in [0.4, 0.5) is 21.9 Å². The molecule has 1 saturated heterocycles. The number of fused-ring (bicyclic) bond motifs is 2. The number of carbonyl (C=O) groups excluding carboxylic acids is 1. The molecule has 194 valence electrons. The maximum Gasteiger partial charge on any atom is 0.412 e. The molecule has 0 saturated carbocycles. The van der Waals surface area contributed by atoms with Crippen LogP contribution < -0.4 is 15.0 Å². The van der Waals surface area contributed by atoms with E-state index < -0.39 is 11.7 Å². The van der Waals surface area contributed by atoms with Crippen molar-refractivity contribution in [3.63, 3.8) is 0 Å². The van der Waals surface area contributed by atoms with Crippen LogP contribution in [-0.4, -0.2) is 42.3 Å². The Labute approximate surface area is 220 Å². The van der Waals surface area contributed by atoms with E-state index in [9.17, 15) is 4.79 Å². The van der Waals surface area contributed by atoms with E-state index in [4.69, 9.17) is 9.47 Å². The highest BCUT2D eigenvalue weighted by molar-refractivity contribution is 5.85. The van der Waals surface area contributed by atoms with Gasteiger partial charge in [-0.3, -0.25) is 10.2 Å². The van der Waals surface area contributed by atoms with E-state index in [-0.39, 0.29) is 0 Å². The van der Waals surface area contributed by atoms with Gasteiger partial charge < -0.3 is 14.4 Å². The monoisotopic (exact) mass is 499 g/mol. The predicted octanol–water partition coefficient (Wildman–Crippen LogP) is 6.77. The van der Waals surface area contributed by atoms with Gasteiger partial charge in [-0.15, -0.1) is 0 Å². The first-order valence-corrected chi connectivity index (χ1v) is 13.3. The number of hydrogen-bond acceptors (Lipinski definition) is 5. The molecule has 0 radical (unpaired) electrons. The van der Waals surface area contributed by atoms with Gasteiger partial charge in [-0.05, 0) is 82.5 Å². The van der Waals surface area contributed by atoms with Crippen LogP contribution in [0.25, 0.3) is 0 Å². The molecule has 0 bridgehead atoms. The maximum atomic E-state index is 12.2. The average Bonchev–Trinajstić information content (AvgIpc) is 3.24. The summed E-state index contributed by atoms with van der Waals surface area (Å²) < 4.78 is 11.6. The number of anilines is 3. The van der Waals surface area contributed by atoms with Crippen LogP contribution in [0.5, 0.6) is 5.75 Å². The third kappa shape index (κ3) is 6.25. The number of ether oxygens (including phenoxy) is 2. The van der Waals surface area contributed by atoms with Gasteiger partial charge in [-0.2, -0.15) is 0 Å². The Morgan fingerprint density at radius 2 is 1.81 bits per heavy atom. The summed E-state index contributed by atoms with van der Waals surface area (Å²) in [5.74, 6) is 0.942. The van der Waals surface area contributed by atoms with Crippen molar-refractivity contribution in [1.82, 2.24) is 4.90 Å². The number of nitrogens with zero attached hydrogens (tertiary/aromatic N) is 2. The summed E-state index contributed by atoms with van der Waals surface area (Å²) in [6, 6.07) is 25.5. The second kappa shape index (κ2) is 10.9. The molecule has 1 atom stereocenters. The third-order valence-electron chi connectivity index (χ3n) is 6.97. The van der Waals surface area contributed by atoms with Crippen LogP contribution in [0.1, 0.15) is 44.7 Å². The lowest BCUT2D eigenvalue weighted by atomic mass is 10.1. The number of para-hydroxylation sites is 3. The summed E-state index contributed by atoms with van der Waals surface area (Å²) in [6.45, 7) is 9.20. The van der Waals surface area contributed by atoms with Crippen LogP contribution in [0.15, 0.2) is 72.8 Å². The zero-order valence-corrected chi connectivity index (χ0v) is 22.1. The van der Waals surface area contributed by atoms with E-state index in [1.807, 2.05) is 45.0 Å². The Bertz CT molecular complexity index is 1190. The standard InChI is InChI=1S/C31H37N3O3/c1-31(2,3)37-30(35)32-25-12-8-10-23(20-25)17-19-33-18-9-13-26(33)21-34-27-14-5-4-11-24(27)22-36-29-16-7-6-15-28(29)34/h4-8,10-12,14-16,20,26H,9,13,17-19,21-22H2,1-3H3,(H,32,35)/t26-/m1/s1. The van der Waals surface area contributed by atoms with Crippen molar-refractivity contribution in [2.24, 2.45) is 0 Å². The number of nitrogens with one attached hydrogen (secondary N) is 1. The second-order valence-electron chi connectivity index (χ2n) is 10.9. The lowest BCUT2D eigenvalue weighted by Gasteiger charge is -2.32. The van der Waals surface area contributed by atoms with Crippen molar-refractivity contribution >= 4 is 23.2 Å². The van der Waals surface area contributed by atoms with E-state index in [1.54, 1.807) is 0 Å². The van der Waals surface area contributed by atoms with Gasteiger partial charge in [0.25, 0.3) is 0 Å². The second-order valence-corrected chi connectivity index (χ2v) is 10.9. The molecule has 1 amide bonds. The lowest BCUT2D eigenvalue weighted by molar-refractivity contribution is 0.0636. The van der Waals surface area contributed by atoms with Gasteiger partial charge in [0.15, 0.2) is 0 Å². The number of benzene rings is 3. The first kappa shape index (κ1) is 25.2. The molecule has 2 aliphatic rings. The SMILES string of the molecule is CC(C)(C)OC(=O)Nc1cccc(CCN2CCC[C@@H]2CN2c3ccccc3COc3ccccc32)c1. The molecular weight excluding hydrogens is 462 g/mol. The minimum atomic E-state index is -0.521. The van der Waals surface area contributed by atoms with E-state index in [0.29, 0.717) is 12.6 Å². The maximum absolute atomic E-state index is 12.2. The summed E-state index contributed by atoms with van der Waals surface area (Å²) >= 11 is 0. The number of likely N-dealkylation sites (tertiary alicyclic amines) is 1. The van der Waals surface area contributed by atoms with Crippen LogP contribution in [0.3, 0.4) is 0 Å². The van der Waals surface area contributed by atoms with Gasteiger partial charge >= 0.3 is 6.09 Å². The fourth-order valence-electron chi connectivity index (χ4n) is 5.29. The summed E-state index contributed by atoms with van der Waals surface area (Å²) in [7, 11) is 0. The van der Waals surface area contributed by atoms with Crippen molar-refractivity contribution in [3.8, 4) is 5.75 Å². The molecule has 2 aliphatic heterocycles. The zero-order chi connectivity index (χ0) is 25.8. The number of amides is 1. The molecule has 3 aromatic carbocycles. The highest BCUT2D eigenvalue weighted by Gasteiger charge is 2.29. The Morgan fingerprint density at radius 3 is 2.65 bits per heavy atom. The Morgan fingerprint density at radius 1 is 1.03 bits per heavy atom. The normalized spacial score (nSPS) is 17.4. The van der Waals surface area contributed by atoms with Gasteiger partial charge in [0.1, 0.15) is 18.0 Å². The molecule has 0 unspecified atom stereocenters. The first-order chi connectivity index (χ1) is 17.9. The molecule has 0 aromatic heterocycles. The van der Waals surface area contributed by atoms with E-state index in [1.165, 1.54) is 29.7 Å². The number of hydrogen-bond donors (Lipinski definition) is 1. The molecule has 37 heavy (non-hydrogen) atoms. The van der Waals surface area contributed by atoms with Crippen LogP contribution in [-0.2, 0) is 17.8 Å². The van der Waals surface area contributed by atoms with Crippen LogP contribution in [0.2, 0.25) is 0 Å². The van der Waals surface area contributed by atoms with Gasteiger partial charge in [0.2, 0.25) is 0 Å². The predicted molar refractivity (Wildman–Crippen MR) is 149 cm³/mol. The van der Waals surface area contributed by atoms with Gasteiger partial charge in [0, 0.05) is 36.1 Å². The van der Waals surface area contributed by atoms with Crippen LogP contribution in [0, 0.1) is 0 Å². The van der Waals surface area contributed by atoms with Crippen molar-refractivity contribution in [3.05, 3.63) is 83.9 Å². The fraction of sp³-hybridized carbons (Fsp3) is 0.387. The van der Waals surface area contributed by atoms with Crippen LogP contribution >= 0.6 is 0 Å². The van der Waals surface area contributed by atoms with Crippen molar-refractivity contribution < 1.29 is 14.3 Å². The molecular formula is C31H37N3O3. The minimum Gasteiger partial charge on any atom is -0.487 e. The molecule has 1 N–H and O–H groups in total. The van der Waals surface area contributed by atoms with Crippen molar-refractivity contribution in [2.75, 3.05) is 29.9 Å². The molecule has 0 spiro atoms. The molecule has 1 fully saturated rings. The molecule has 5 rings (SSSR count). The molecule has 0 aliphatic carbocycles. The smallest absolute Gasteiger partial charge is 0.412 e. The summed E-state index contributed by atoms with van der Waals surface area (Å²) in [5, 5.41) is 2.86. The highest BCUT2D eigenvalue weighted by atomic mass is 16.6. The summed E-state index contributed by atoms with van der Waals surface area (Å²) in [4.78, 5) is 17.2. The van der Waals surface area contributed by atoms with Gasteiger partial charge in [-0.1, -0.05) is 42.5 Å². The first-order valence-electron chi connectivity index (χ1n) is 13.3. The number of carbonyl (C=O) groups is 1. The number of rotatable bonds is 6. The molecule has 2 heterocycles. The van der Waals surface area contributed by atoms with Crippen molar-refractivity contribution in [1.29, 1.82) is 0 Å². The van der Waals surface area contributed by atoms with E-state index >= 15 is 0 Å². The largest absolute Gasteiger partial charge is 0.487 e. The summed E-state index contributed by atoms with van der Waals surface area (Å²) in [5.41, 5.74) is 5.05. The lowest BCUT2D eigenvalue weighted by Crippen LogP contribution is -2.39. The highest BCUT2D eigenvalue weighted by Crippen LogP contribution is 2.40. The third-order valence-corrected chi connectivity index (χ3v) is 6.97. The van der Waals surface area contributed by atoms with Gasteiger partial charge in [0.05, 0.1) is 5.69 Å². The molecule has 6 nitrogen and oxygen atoms in total. The fourth-order valence-corrected chi connectivity index (χ4v) is 5.29. The quantitative estimate of drug-likeness (QED) is 0.406. The van der Waals surface area contributed by atoms with E-state index in [2.05, 4.69) is 63.6 Å². The zero-order valence-electron chi connectivity index (χ0n) is 22.1. The molecule has 3 aromatic rings. The average molecular weight is 500 g/mol. The molecule has 6 heteroatoms. The van der Waals surface area contributed by atoms with E-state index in [0.717, 1.165) is 43.2 Å².